The predicted octanol–water partition coefficient (Wildman–Crippen LogP) is 2.63. The van der Waals surface area contributed by atoms with E-state index in [0.717, 1.165) is 11.4 Å². The van der Waals surface area contributed by atoms with Crippen molar-refractivity contribution in [2.24, 2.45) is 0 Å². The number of amides is 1. The second-order valence-corrected chi connectivity index (χ2v) is 5.47. The van der Waals surface area contributed by atoms with Crippen molar-refractivity contribution >= 4 is 11.6 Å². The van der Waals surface area contributed by atoms with Gasteiger partial charge in [-0.05, 0) is 39.0 Å². The number of benzene rings is 1. The zero-order valence-corrected chi connectivity index (χ0v) is 12.0. The summed E-state index contributed by atoms with van der Waals surface area (Å²) in [4.78, 5) is 15.8. The summed E-state index contributed by atoms with van der Waals surface area (Å²) in [6, 6.07) is 7.56. The number of hydrogen-bond donors (Lipinski definition) is 1. The summed E-state index contributed by atoms with van der Waals surface area (Å²) in [7, 11) is 0. The molecular weight excluding hydrogens is 254 g/mol. The molecule has 5 nitrogen and oxygen atoms in total. The van der Waals surface area contributed by atoms with Gasteiger partial charge in [-0.1, -0.05) is 6.07 Å². The second-order valence-electron chi connectivity index (χ2n) is 5.47. The van der Waals surface area contributed by atoms with Crippen LogP contribution in [-0.4, -0.2) is 27.7 Å². The van der Waals surface area contributed by atoms with Crippen LogP contribution in [0.1, 0.15) is 20.8 Å². The monoisotopic (exact) mass is 273 g/mol. The average molecular weight is 273 g/mol. The number of nitrogens with zero attached hydrogens (tertiary/aromatic N) is 2. The highest BCUT2D eigenvalue weighted by Crippen LogP contribution is 2.14. The molecule has 1 N–H and O–H groups in total. The Hall–Kier alpha value is -2.14. The number of nitrogens with one attached hydrogen (secondary N) is 1. The van der Waals surface area contributed by atoms with Crippen molar-refractivity contribution in [3.8, 4) is 5.69 Å². The van der Waals surface area contributed by atoms with E-state index in [4.69, 9.17) is 4.74 Å². The summed E-state index contributed by atoms with van der Waals surface area (Å²) in [5, 5.41) is 2.82. The first kappa shape index (κ1) is 14.3. The van der Waals surface area contributed by atoms with E-state index in [1.807, 2.05) is 55.8 Å². The Morgan fingerprint density at radius 2 is 2.20 bits per heavy atom. The van der Waals surface area contributed by atoms with Gasteiger partial charge in [-0.2, -0.15) is 0 Å². The van der Waals surface area contributed by atoms with E-state index in [1.165, 1.54) is 0 Å². The lowest BCUT2D eigenvalue weighted by Gasteiger charge is -2.19. The molecule has 0 unspecified atom stereocenters. The first-order valence-corrected chi connectivity index (χ1v) is 6.46. The van der Waals surface area contributed by atoms with Crippen LogP contribution >= 0.6 is 0 Å². The number of anilines is 1. The van der Waals surface area contributed by atoms with Crippen molar-refractivity contribution in [2.75, 3.05) is 11.9 Å². The van der Waals surface area contributed by atoms with Gasteiger partial charge in [0, 0.05) is 23.8 Å². The summed E-state index contributed by atoms with van der Waals surface area (Å²) < 4.78 is 7.31. The van der Waals surface area contributed by atoms with E-state index in [2.05, 4.69) is 10.3 Å². The number of carbonyl (C=O) groups is 1. The number of imidazole rings is 1. The highest BCUT2D eigenvalue weighted by atomic mass is 16.5. The SMILES string of the molecule is CC(C)(C)OCC(=O)Nc1cccc(-n2ccnc2)c1. The lowest BCUT2D eigenvalue weighted by atomic mass is 10.2. The molecule has 0 fully saturated rings. The molecule has 1 aromatic carbocycles. The van der Waals surface area contributed by atoms with Gasteiger partial charge in [-0.15, -0.1) is 0 Å². The molecule has 0 saturated carbocycles. The first-order valence-electron chi connectivity index (χ1n) is 6.46. The minimum Gasteiger partial charge on any atom is -0.366 e. The second kappa shape index (κ2) is 5.88. The molecule has 1 heterocycles. The number of ether oxygens (including phenoxy) is 1. The first-order chi connectivity index (χ1) is 9.44. The number of rotatable bonds is 4. The van der Waals surface area contributed by atoms with E-state index in [1.54, 1.807) is 12.5 Å². The van der Waals surface area contributed by atoms with Crippen LogP contribution in [0.4, 0.5) is 5.69 Å². The average Bonchev–Trinajstić information content (AvgIpc) is 2.90. The van der Waals surface area contributed by atoms with E-state index in [9.17, 15) is 4.79 Å². The molecule has 5 heteroatoms. The van der Waals surface area contributed by atoms with Gasteiger partial charge in [0.25, 0.3) is 0 Å². The van der Waals surface area contributed by atoms with Crippen molar-refractivity contribution < 1.29 is 9.53 Å². The van der Waals surface area contributed by atoms with E-state index in [0.29, 0.717) is 0 Å². The highest BCUT2D eigenvalue weighted by molar-refractivity contribution is 5.91. The molecule has 0 aliphatic carbocycles. The Bertz CT molecular complexity index is 571. The van der Waals surface area contributed by atoms with Crippen molar-refractivity contribution in [1.29, 1.82) is 0 Å². The largest absolute Gasteiger partial charge is 0.366 e. The van der Waals surface area contributed by atoms with Gasteiger partial charge < -0.3 is 14.6 Å². The quantitative estimate of drug-likeness (QED) is 0.931. The van der Waals surface area contributed by atoms with Gasteiger partial charge in [0.05, 0.1) is 11.9 Å². The van der Waals surface area contributed by atoms with Crippen molar-refractivity contribution in [1.82, 2.24) is 9.55 Å². The van der Waals surface area contributed by atoms with Gasteiger partial charge >= 0.3 is 0 Å². The Balaban J connectivity index is 2.00. The molecule has 0 aliphatic rings. The van der Waals surface area contributed by atoms with Crippen molar-refractivity contribution in [3.05, 3.63) is 43.0 Å². The Labute approximate surface area is 118 Å². The topological polar surface area (TPSA) is 56.1 Å². The third kappa shape index (κ3) is 4.20. The van der Waals surface area contributed by atoms with Crippen LogP contribution in [0.15, 0.2) is 43.0 Å². The Kier molecular flexibility index (Phi) is 4.20. The minimum atomic E-state index is -0.323. The molecule has 0 spiro atoms. The van der Waals surface area contributed by atoms with Gasteiger partial charge in [0.1, 0.15) is 6.61 Å². The smallest absolute Gasteiger partial charge is 0.250 e. The maximum absolute atomic E-state index is 11.8. The number of carbonyl (C=O) groups excluding carboxylic acids is 1. The molecule has 1 amide bonds. The van der Waals surface area contributed by atoms with Gasteiger partial charge in [-0.25, -0.2) is 4.98 Å². The normalized spacial score (nSPS) is 11.3. The lowest BCUT2D eigenvalue weighted by molar-refractivity contribution is -0.125. The maximum Gasteiger partial charge on any atom is 0.250 e. The molecule has 106 valence electrons. The summed E-state index contributed by atoms with van der Waals surface area (Å²) in [5.41, 5.74) is 1.35. The predicted molar refractivity (Wildman–Crippen MR) is 77.9 cm³/mol. The van der Waals surface area contributed by atoms with Crippen LogP contribution in [-0.2, 0) is 9.53 Å². The van der Waals surface area contributed by atoms with E-state index >= 15 is 0 Å². The molecule has 20 heavy (non-hydrogen) atoms. The number of aromatic nitrogens is 2. The van der Waals surface area contributed by atoms with Crippen molar-refractivity contribution in [3.63, 3.8) is 0 Å². The summed E-state index contributed by atoms with van der Waals surface area (Å²) in [5.74, 6) is -0.164. The molecule has 0 radical (unpaired) electrons. The summed E-state index contributed by atoms with van der Waals surface area (Å²) >= 11 is 0. The third-order valence-electron chi connectivity index (χ3n) is 2.57. The van der Waals surface area contributed by atoms with Crippen LogP contribution in [0.5, 0.6) is 0 Å². The van der Waals surface area contributed by atoms with Crippen LogP contribution in [0.25, 0.3) is 5.69 Å². The fourth-order valence-electron chi connectivity index (χ4n) is 1.64. The third-order valence-corrected chi connectivity index (χ3v) is 2.57. The summed E-state index contributed by atoms with van der Waals surface area (Å²) in [6.07, 6.45) is 5.27. The highest BCUT2D eigenvalue weighted by Gasteiger charge is 2.13. The number of hydrogen-bond acceptors (Lipinski definition) is 3. The molecule has 2 aromatic rings. The molecule has 0 saturated heterocycles. The zero-order valence-electron chi connectivity index (χ0n) is 12.0. The molecule has 0 aliphatic heterocycles. The van der Waals surface area contributed by atoms with Crippen LogP contribution in [0.3, 0.4) is 0 Å². The maximum atomic E-state index is 11.8. The van der Waals surface area contributed by atoms with Crippen LogP contribution in [0.2, 0.25) is 0 Å². The van der Waals surface area contributed by atoms with Gasteiger partial charge in [0.2, 0.25) is 5.91 Å². The molecule has 1 aromatic heterocycles. The Morgan fingerprint density at radius 3 is 2.85 bits per heavy atom. The standard InChI is InChI=1S/C15H19N3O2/c1-15(2,3)20-10-14(19)17-12-5-4-6-13(9-12)18-8-7-16-11-18/h4-9,11H,10H2,1-3H3,(H,17,19). The van der Waals surface area contributed by atoms with Gasteiger partial charge in [0.15, 0.2) is 0 Å². The van der Waals surface area contributed by atoms with Crippen LogP contribution in [0, 0.1) is 0 Å². The summed E-state index contributed by atoms with van der Waals surface area (Å²) in [6.45, 7) is 5.79. The zero-order chi connectivity index (χ0) is 14.6. The minimum absolute atomic E-state index is 0.0405. The van der Waals surface area contributed by atoms with Crippen molar-refractivity contribution in [2.45, 2.75) is 26.4 Å². The molecular formula is C15H19N3O2. The lowest BCUT2D eigenvalue weighted by Crippen LogP contribution is -2.27. The fraction of sp³-hybridized carbons (Fsp3) is 0.333. The molecule has 0 bridgehead atoms. The van der Waals surface area contributed by atoms with Gasteiger partial charge in [-0.3, -0.25) is 4.79 Å². The van der Waals surface area contributed by atoms with Crippen LogP contribution < -0.4 is 5.32 Å². The molecule has 0 atom stereocenters. The molecule has 2 rings (SSSR count). The van der Waals surface area contributed by atoms with E-state index < -0.39 is 0 Å². The Morgan fingerprint density at radius 1 is 1.40 bits per heavy atom. The fourth-order valence-corrected chi connectivity index (χ4v) is 1.64. The van der Waals surface area contributed by atoms with E-state index in [-0.39, 0.29) is 18.1 Å².